The van der Waals surface area contributed by atoms with Gasteiger partial charge in [0.05, 0.1) is 18.3 Å². The standard InChI is InChI=1S/C19H18ClN3O/c1-22(19(24)11-15-7-9-17(20)10-8-15)13-16-12-21-23(14-16)18-5-3-2-4-6-18/h2-10,12,14H,11,13H2,1H3. The molecule has 3 aromatic rings. The van der Waals surface area contributed by atoms with Crippen molar-refractivity contribution in [3.05, 3.63) is 83.1 Å². The van der Waals surface area contributed by atoms with Crippen molar-refractivity contribution in [1.29, 1.82) is 0 Å². The highest BCUT2D eigenvalue weighted by Gasteiger charge is 2.11. The van der Waals surface area contributed by atoms with E-state index in [-0.39, 0.29) is 5.91 Å². The van der Waals surface area contributed by atoms with Gasteiger partial charge in [-0.3, -0.25) is 4.79 Å². The molecule has 0 unspecified atom stereocenters. The first-order valence-corrected chi connectivity index (χ1v) is 8.07. The number of halogens is 1. The molecule has 0 saturated carbocycles. The predicted molar refractivity (Wildman–Crippen MR) is 95.2 cm³/mol. The second-order valence-corrected chi connectivity index (χ2v) is 6.12. The highest BCUT2D eigenvalue weighted by Crippen LogP contribution is 2.12. The van der Waals surface area contributed by atoms with Crippen LogP contribution in [0.1, 0.15) is 11.1 Å². The third-order valence-corrected chi connectivity index (χ3v) is 4.02. The van der Waals surface area contributed by atoms with Gasteiger partial charge in [-0.2, -0.15) is 5.10 Å². The van der Waals surface area contributed by atoms with E-state index in [1.807, 2.05) is 53.3 Å². The van der Waals surface area contributed by atoms with Gasteiger partial charge in [0.2, 0.25) is 5.91 Å². The molecule has 0 aliphatic carbocycles. The number of hydrogen-bond acceptors (Lipinski definition) is 2. The molecule has 0 N–H and O–H groups in total. The highest BCUT2D eigenvalue weighted by molar-refractivity contribution is 6.30. The molecule has 1 amide bonds. The summed E-state index contributed by atoms with van der Waals surface area (Å²) in [5, 5.41) is 5.03. The van der Waals surface area contributed by atoms with E-state index >= 15 is 0 Å². The molecule has 0 saturated heterocycles. The lowest BCUT2D eigenvalue weighted by Gasteiger charge is -2.16. The van der Waals surface area contributed by atoms with E-state index in [1.54, 1.807) is 30.3 Å². The topological polar surface area (TPSA) is 38.1 Å². The Morgan fingerprint density at radius 3 is 2.50 bits per heavy atom. The molecule has 1 aromatic heterocycles. The molecule has 2 aromatic carbocycles. The molecule has 0 aliphatic heterocycles. The first-order chi connectivity index (χ1) is 11.6. The number of carbonyl (C=O) groups excluding carboxylic acids is 1. The highest BCUT2D eigenvalue weighted by atomic mass is 35.5. The van der Waals surface area contributed by atoms with E-state index in [2.05, 4.69) is 5.10 Å². The van der Waals surface area contributed by atoms with E-state index in [0.29, 0.717) is 18.0 Å². The van der Waals surface area contributed by atoms with E-state index in [4.69, 9.17) is 11.6 Å². The van der Waals surface area contributed by atoms with Crippen LogP contribution in [0.25, 0.3) is 5.69 Å². The van der Waals surface area contributed by atoms with Gasteiger partial charge in [-0.25, -0.2) is 4.68 Å². The summed E-state index contributed by atoms with van der Waals surface area (Å²) in [5.74, 6) is 0.0600. The zero-order valence-corrected chi connectivity index (χ0v) is 14.1. The summed E-state index contributed by atoms with van der Waals surface area (Å²) in [6.07, 6.45) is 4.10. The van der Waals surface area contributed by atoms with E-state index in [9.17, 15) is 4.79 Å². The Morgan fingerprint density at radius 2 is 1.79 bits per heavy atom. The quantitative estimate of drug-likeness (QED) is 0.710. The summed E-state index contributed by atoms with van der Waals surface area (Å²) in [5.41, 5.74) is 2.95. The fourth-order valence-corrected chi connectivity index (χ4v) is 2.56. The third kappa shape index (κ3) is 4.03. The molecule has 24 heavy (non-hydrogen) atoms. The van der Waals surface area contributed by atoms with Gasteiger partial charge in [-0.15, -0.1) is 0 Å². The number of benzene rings is 2. The zero-order valence-electron chi connectivity index (χ0n) is 13.4. The van der Waals surface area contributed by atoms with Gasteiger partial charge in [0.1, 0.15) is 0 Å². The molecule has 0 aliphatic rings. The molecule has 0 fully saturated rings. The maximum Gasteiger partial charge on any atom is 0.227 e. The summed E-state index contributed by atoms with van der Waals surface area (Å²) in [7, 11) is 1.80. The average Bonchev–Trinajstić information content (AvgIpc) is 3.06. The fourth-order valence-electron chi connectivity index (χ4n) is 2.44. The van der Waals surface area contributed by atoms with Gasteiger partial charge in [-0.1, -0.05) is 41.9 Å². The minimum atomic E-state index is 0.0600. The van der Waals surface area contributed by atoms with Gasteiger partial charge in [0.25, 0.3) is 0 Å². The number of likely N-dealkylation sites (N-methyl/N-ethyl adjacent to an activating group) is 1. The molecular formula is C19H18ClN3O. The molecule has 0 spiro atoms. The molecular weight excluding hydrogens is 322 g/mol. The second-order valence-electron chi connectivity index (χ2n) is 5.68. The van der Waals surface area contributed by atoms with Crippen LogP contribution < -0.4 is 0 Å². The van der Waals surface area contributed by atoms with E-state index in [0.717, 1.165) is 16.8 Å². The average molecular weight is 340 g/mol. The maximum absolute atomic E-state index is 12.3. The van der Waals surface area contributed by atoms with E-state index in [1.165, 1.54) is 0 Å². The summed E-state index contributed by atoms with van der Waals surface area (Å²) < 4.78 is 1.81. The number of aromatic nitrogens is 2. The van der Waals surface area contributed by atoms with Crippen LogP contribution in [0.15, 0.2) is 67.0 Å². The largest absolute Gasteiger partial charge is 0.341 e. The first kappa shape index (κ1) is 16.3. The van der Waals surface area contributed by atoms with Crippen LogP contribution in [0.5, 0.6) is 0 Å². The van der Waals surface area contributed by atoms with Crippen LogP contribution in [0.2, 0.25) is 5.02 Å². The van der Waals surface area contributed by atoms with E-state index < -0.39 is 0 Å². The van der Waals surface area contributed by atoms with Crippen molar-refractivity contribution in [2.75, 3.05) is 7.05 Å². The van der Waals surface area contributed by atoms with Crippen molar-refractivity contribution in [1.82, 2.24) is 14.7 Å². The van der Waals surface area contributed by atoms with Crippen molar-refractivity contribution < 1.29 is 4.79 Å². The predicted octanol–water partition coefficient (Wildman–Crippen LogP) is 3.73. The van der Waals surface area contributed by atoms with Crippen LogP contribution in [-0.2, 0) is 17.8 Å². The number of hydrogen-bond donors (Lipinski definition) is 0. The molecule has 1 heterocycles. The molecule has 0 atom stereocenters. The fraction of sp³-hybridized carbons (Fsp3) is 0.158. The molecule has 122 valence electrons. The van der Waals surface area contributed by atoms with Crippen molar-refractivity contribution in [2.24, 2.45) is 0 Å². The summed E-state index contributed by atoms with van der Waals surface area (Å²) in [6.45, 7) is 0.527. The number of amides is 1. The minimum absolute atomic E-state index is 0.0600. The Kier molecular flexibility index (Phi) is 4.96. The van der Waals surface area contributed by atoms with Crippen LogP contribution in [0, 0.1) is 0 Å². The molecule has 0 bridgehead atoms. The van der Waals surface area contributed by atoms with Crippen molar-refractivity contribution in [3.8, 4) is 5.69 Å². The molecule has 5 heteroatoms. The number of rotatable bonds is 5. The lowest BCUT2D eigenvalue weighted by atomic mass is 10.1. The third-order valence-electron chi connectivity index (χ3n) is 3.77. The van der Waals surface area contributed by atoms with Crippen LogP contribution in [-0.4, -0.2) is 27.6 Å². The van der Waals surface area contributed by atoms with Crippen LogP contribution >= 0.6 is 11.6 Å². The van der Waals surface area contributed by atoms with Gasteiger partial charge in [0.15, 0.2) is 0 Å². The Labute approximate surface area is 146 Å². The SMILES string of the molecule is CN(Cc1cnn(-c2ccccc2)c1)C(=O)Cc1ccc(Cl)cc1. The molecule has 3 rings (SSSR count). The van der Waals surface area contributed by atoms with Crippen molar-refractivity contribution in [3.63, 3.8) is 0 Å². The number of nitrogens with zero attached hydrogens (tertiary/aromatic N) is 3. The Balaban J connectivity index is 1.62. The Hall–Kier alpha value is -2.59. The minimum Gasteiger partial charge on any atom is -0.341 e. The summed E-state index contributed by atoms with van der Waals surface area (Å²) in [4.78, 5) is 14.1. The van der Waals surface area contributed by atoms with Gasteiger partial charge < -0.3 is 4.90 Å². The maximum atomic E-state index is 12.3. The Morgan fingerprint density at radius 1 is 1.08 bits per heavy atom. The monoisotopic (exact) mass is 339 g/mol. The summed E-state index contributed by atoms with van der Waals surface area (Å²) in [6, 6.07) is 17.2. The number of carbonyl (C=O) groups is 1. The van der Waals surface area contributed by atoms with Gasteiger partial charge >= 0.3 is 0 Å². The number of para-hydroxylation sites is 1. The second kappa shape index (κ2) is 7.32. The Bertz CT molecular complexity index is 812. The summed E-state index contributed by atoms with van der Waals surface area (Å²) >= 11 is 5.87. The van der Waals surface area contributed by atoms with Crippen molar-refractivity contribution in [2.45, 2.75) is 13.0 Å². The zero-order chi connectivity index (χ0) is 16.9. The molecule has 4 nitrogen and oxygen atoms in total. The van der Waals surface area contributed by atoms with Crippen LogP contribution in [0.4, 0.5) is 0 Å². The van der Waals surface area contributed by atoms with Gasteiger partial charge in [0, 0.05) is 30.4 Å². The lowest BCUT2D eigenvalue weighted by Crippen LogP contribution is -2.27. The lowest BCUT2D eigenvalue weighted by molar-refractivity contribution is -0.129. The normalized spacial score (nSPS) is 10.6. The van der Waals surface area contributed by atoms with Gasteiger partial charge in [-0.05, 0) is 29.8 Å². The van der Waals surface area contributed by atoms with Crippen LogP contribution in [0.3, 0.4) is 0 Å². The smallest absolute Gasteiger partial charge is 0.227 e. The first-order valence-electron chi connectivity index (χ1n) is 7.69. The molecule has 0 radical (unpaired) electrons. The van der Waals surface area contributed by atoms with Crippen molar-refractivity contribution >= 4 is 17.5 Å².